The number of carbonyl (C=O) groups excluding carboxylic acids is 1. The molecule has 0 spiro atoms. The molecule has 1 aliphatic rings. The number of anilines is 1. The lowest BCUT2D eigenvalue weighted by Crippen LogP contribution is -3.13. The van der Waals surface area contributed by atoms with Gasteiger partial charge < -0.3 is 10.2 Å². The van der Waals surface area contributed by atoms with E-state index in [0.29, 0.717) is 6.54 Å². The maximum atomic E-state index is 12.3. The molecular formula is C20H23N2OS+. The molecule has 0 saturated carbocycles. The van der Waals surface area contributed by atoms with Crippen LogP contribution in [0.3, 0.4) is 0 Å². The summed E-state index contributed by atoms with van der Waals surface area (Å²) in [6.45, 7) is 2.42. The van der Waals surface area contributed by atoms with Gasteiger partial charge in [-0.05, 0) is 35.6 Å². The molecular weight excluding hydrogens is 316 g/mol. The maximum absolute atomic E-state index is 12.3. The van der Waals surface area contributed by atoms with Gasteiger partial charge in [-0.3, -0.25) is 4.79 Å². The lowest BCUT2D eigenvalue weighted by Gasteiger charge is -2.23. The second-order valence-electron chi connectivity index (χ2n) is 5.97. The van der Waals surface area contributed by atoms with Crippen LogP contribution in [0.25, 0.3) is 5.57 Å². The number of quaternary nitrogens is 1. The van der Waals surface area contributed by atoms with Gasteiger partial charge in [0.15, 0.2) is 6.54 Å². The van der Waals surface area contributed by atoms with Crippen LogP contribution >= 0.6 is 11.8 Å². The fourth-order valence-corrected chi connectivity index (χ4v) is 3.58. The van der Waals surface area contributed by atoms with Gasteiger partial charge in [0.1, 0.15) is 0 Å². The first kappa shape index (κ1) is 16.8. The summed E-state index contributed by atoms with van der Waals surface area (Å²) < 4.78 is 0. The Kier molecular flexibility index (Phi) is 5.72. The monoisotopic (exact) mass is 339 g/mol. The molecule has 1 heterocycles. The molecule has 124 valence electrons. The molecule has 3 rings (SSSR count). The van der Waals surface area contributed by atoms with Gasteiger partial charge >= 0.3 is 0 Å². The number of amides is 1. The van der Waals surface area contributed by atoms with Crippen molar-refractivity contribution in [2.45, 2.75) is 11.3 Å². The van der Waals surface area contributed by atoms with E-state index in [4.69, 9.17) is 0 Å². The Morgan fingerprint density at radius 1 is 1.12 bits per heavy atom. The molecule has 1 aliphatic heterocycles. The van der Waals surface area contributed by atoms with Gasteiger partial charge in [0, 0.05) is 11.3 Å². The van der Waals surface area contributed by atoms with E-state index in [0.717, 1.165) is 30.1 Å². The van der Waals surface area contributed by atoms with Crippen LogP contribution in [0.5, 0.6) is 0 Å². The normalized spacial score (nSPS) is 17.2. The Hall–Kier alpha value is -2.04. The topological polar surface area (TPSA) is 33.5 Å². The molecule has 1 amide bonds. The first-order valence-corrected chi connectivity index (χ1v) is 9.49. The molecule has 0 aromatic heterocycles. The number of thioether (sulfide) groups is 1. The van der Waals surface area contributed by atoms with Crippen molar-refractivity contribution in [2.24, 2.45) is 0 Å². The average molecular weight is 339 g/mol. The minimum atomic E-state index is 0.0862. The summed E-state index contributed by atoms with van der Waals surface area (Å²) in [5, 5.41) is 3.05. The van der Waals surface area contributed by atoms with E-state index in [9.17, 15) is 4.79 Å². The molecule has 0 bridgehead atoms. The molecule has 0 radical (unpaired) electrons. The Morgan fingerprint density at radius 2 is 1.88 bits per heavy atom. The number of para-hydroxylation sites is 1. The quantitative estimate of drug-likeness (QED) is 0.821. The number of nitrogens with one attached hydrogen (secondary N) is 2. The fraction of sp³-hybridized carbons (Fsp3) is 0.250. The van der Waals surface area contributed by atoms with Crippen molar-refractivity contribution in [3.63, 3.8) is 0 Å². The van der Waals surface area contributed by atoms with Crippen LogP contribution in [0.1, 0.15) is 12.0 Å². The number of hydrogen-bond donors (Lipinski definition) is 2. The van der Waals surface area contributed by atoms with Crippen molar-refractivity contribution < 1.29 is 9.69 Å². The van der Waals surface area contributed by atoms with E-state index in [1.807, 2.05) is 36.6 Å². The van der Waals surface area contributed by atoms with Crippen molar-refractivity contribution in [1.29, 1.82) is 0 Å². The SMILES string of the molecule is CSc1ccccc1NC(=O)C[NH+]1CC=C(c2ccccc2)CC1. The van der Waals surface area contributed by atoms with Crippen LogP contribution in [0.2, 0.25) is 0 Å². The van der Waals surface area contributed by atoms with Gasteiger partial charge in [-0.1, -0.05) is 42.5 Å². The zero-order chi connectivity index (χ0) is 16.8. The Morgan fingerprint density at radius 3 is 2.58 bits per heavy atom. The molecule has 0 saturated heterocycles. The summed E-state index contributed by atoms with van der Waals surface area (Å²) in [6.07, 6.45) is 5.32. The van der Waals surface area contributed by atoms with E-state index < -0.39 is 0 Å². The van der Waals surface area contributed by atoms with Crippen LogP contribution < -0.4 is 10.2 Å². The Bertz CT molecular complexity index is 727. The molecule has 24 heavy (non-hydrogen) atoms. The Labute approximate surface area is 147 Å². The first-order chi connectivity index (χ1) is 11.8. The van der Waals surface area contributed by atoms with Gasteiger partial charge in [-0.2, -0.15) is 0 Å². The number of benzene rings is 2. The molecule has 1 atom stereocenters. The van der Waals surface area contributed by atoms with Crippen molar-refractivity contribution >= 4 is 28.9 Å². The first-order valence-electron chi connectivity index (χ1n) is 8.27. The molecule has 1 unspecified atom stereocenters. The fourth-order valence-electron chi connectivity index (χ4n) is 3.03. The minimum absolute atomic E-state index is 0.0862. The van der Waals surface area contributed by atoms with Crippen LogP contribution in [0, 0.1) is 0 Å². The van der Waals surface area contributed by atoms with E-state index >= 15 is 0 Å². The van der Waals surface area contributed by atoms with Gasteiger partial charge in [0.05, 0.1) is 18.8 Å². The van der Waals surface area contributed by atoms with Gasteiger partial charge in [0.2, 0.25) is 0 Å². The van der Waals surface area contributed by atoms with Crippen molar-refractivity contribution in [3.8, 4) is 0 Å². The third-order valence-corrected chi connectivity index (χ3v) is 5.12. The Balaban J connectivity index is 1.56. The second kappa shape index (κ2) is 8.18. The van der Waals surface area contributed by atoms with Crippen LogP contribution in [0.4, 0.5) is 5.69 Å². The lowest BCUT2D eigenvalue weighted by molar-refractivity contribution is -0.886. The molecule has 2 N–H and O–H groups in total. The highest BCUT2D eigenvalue weighted by molar-refractivity contribution is 7.98. The van der Waals surface area contributed by atoms with Crippen molar-refractivity contribution in [2.75, 3.05) is 31.2 Å². The van der Waals surface area contributed by atoms with Crippen LogP contribution in [-0.4, -0.2) is 31.8 Å². The minimum Gasteiger partial charge on any atom is -0.324 e. The van der Waals surface area contributed by atoms with E-state index in [2.05, 4.69) is 35.7 Å². The molecule has 3 nitrogen and oxygen atoms in total. The number of carbonyl (C=O) groups is 1. The molecule has 2 aromatic rings. The third-order valence-electron chi connectivity index (χ3n) is 4.32. The highest BCUT2D eigenvalue weighted by atomic mass is 32.2. The summed E-state index contributed by atoms with van der Waals surface area (Å²) in [5.74, 6) is 0.0862. The van der Waals surface area contributed by atoms with E-state index in [1.54, 1.807) is 11.8 Å². The molecule has 0 aliphatic carbocycles. The lowest BCUT2D eigenvalue weighted by atomic mass is 10.00. The van der Waals surface area contributed by atoms with E-state index in [-0.39, 0.29) is 5.91 Å². The average Bonchev–Trinajstić information content (AvgIpc) is 2.63. The van der Waals surface area contributed by atoms with Gasteiger partial charge in [-0.25, -0.2) is 0 Å². The highest BCUT2D eigenvalue weighted by Gasteiger charge is 2.19. The summed E-state index contributed by atoms with van der Waals surface area (Å²) >= 11 is 1.65. The van der Waals surface area contributed by atoms with E-state index in [1.165, 1.54) is 16.0 Å². The van der Waals surface area contributed by atoms with Gasteiger partial charge in [0.25, 0.3) is 5.91 Å². The van der Waals surface area contributed by atoms with Crippen molar-refractivity contribution in [1.82, 2.24) is 0 Å². The standard InChI is InChI=1S/C20H22N2OS/c1-24-19-10-6-5-9-18(19)21-20(23)15-22-13-11-17(12-14-22)16-7-3-2-4-8-16/h2-11H,12-15H2,1H3,(H,21,23)/p+1. The largest absolute Gasteiger partial charge is 0.324 e. The summed E-state index contributed by atoms with van der Waals surface area (Å²) in [5.41, 5.74) is 3.61. The van der Waals surface area contributed by atoms with Crippen LogP contribution in [0.15, 0.2) is 65.6 Å². The molecule has 4 heteroatoms. The number of rotatable bonds is 5. The predicted octanol–water partition coefficient (Wildman–Crippen LogP) is 2.72. The third kappa shape index (κ3) is 4.28. The summed E-state index contributed by atoms with van der Waals surface area (Å²) in [4.78, 5) is 14.8. The molecule has 0 fully saturated rings. The summed E-state index contributed by atoms with van der Waals surface area (Å²) in [7, 11) is 0. The molecule has 2 aromatic carbocycles. The van der Waals surface area contributed by atoms with Crippen molar-refractivity contribution in [3.05, 3.63) is 66.2 Å². The summed E-state index contributed by atoms with van der Waals surface area (Å²) in [6, 6.07) is 18.4. The zero-order valence-corrected chi connectivity index (χ0v) is 14.7. The second-order valence-corrected chi connectivity index (χ2v) is 6.82. The predicted molar refractivity (Wildman–Crippen MR) is 101 cm³/mol. The van der Waals surface area contributed by atoms with Crippen LogP contribution in [-0.2, 0) is 4.79 Å². The van der Waals surface area contributed by atoms with Gasteiger partial charge in [-0.15, -0.1) is 11.8 Å². The number of hydrogen-bond acceptors (Lipinski definition) is 2. The smallest absolute Gasteiger partial charge is 0.279 e. The zero-order valence-electron chi connectivity index (χ0n) is 13.9. The maximum Gasteiger partial charge on any atom is 0.279 e. The highest BCUT2D eigenvalue weighted by Crippen LogP contribution is 2.24.